The molecule has 0 saturated carbocycles. The van der Waals surface area contributed by atoms with E-state index in [-0.39, 0.29) is 20.1 Å². The fraction of sp³-hybridized carbons (Fsp3) is 0. The maximum absolute atomic E-state index is 6.25. The molecule has 4 heterocycles. The van der Waals surface area contributed by atoms with Crippen LogP contribution in [0.4, 0.5) is 0 Å². The van der Waals surface area contributed by atoms with Gasteiger partial charge in [0.1, 0.15) is 16.7 Å². The summed E-state index contributed by atoms with van der Waals surface area (Å²) < 4.78 is 12.3. The molecule has 4 aromatic carbocycles. The summed E-state index contributed by atoms with van der Waals surface area (Å²) in [5, 5.41) is 4.25. The van der Waals surface area contributed by atoms with Crippen molar-refractivity contribution in [2.45, 2.75) is 0 Å². The van der Waals surface area contributed by atoms with Crippen LogP contribution in [0.15, 0.2) is 130 Å². The molecule has 8 aromatic rings. The van der Waals surface area contributed by atoms with Crippen molar-refractivity contribution in [2.24, 2.45) is 0 Å². The van der Waals surface area contributed by atoms with Crippen molar-refractivity contribution in [2.75, 3.05) is 0 Å². The van der Waals surface area contributed by atoms with E-state index in [2.05, 4.69) is 40.3 Å². The third-order valence-corrected chi connectivity index (χ3v) is 6.50. The molecule has 4 aromatic heterocycles. The topological polar surface area (TPSA) is 52.1 Å². The predicted molar refractivity (Wildman–Crippen MR) is 152 cm³/mol. The maximum Gasteiger partial charge on any atom is 0.136 e. The number of para-hydroxylation sites is 1. The Morgan fingerprint density at radius 1 is 0.513 bits per heavy atom. The zero-order chi connectivity index (χ0) is 25.3. The van der Waals surface area contributed by atoms with Gasteiger partial charge in [0.25, 0.3) is 0 Å². The Bertz CT molecular complexity index is 1980. The van der Waals surface area contributed by atoms with Crippen molar-refractivity contribution < 1.29 is 28.9 Å². The molecule has 4 nitrogen and oxygen atoms in total. The molecular weight excluding hydrogens is 661 g/mol. The van der Waals surface area contributed by atoms with Crippen molar-refractivity contribution >= 4 is 43.9 Å². The standard InChI is InChI=1S/C23H12NO2.C11H8N.Ir/c1-2-10-20-14(6-1)17-12-22-18(13-21(17)25-20)15-7-5-8-16(23(15)26-22)19-9-3-4-11-24-19;1-2-6-10(7-3-1)11-8-4-5-9-12-11;/h1-7,9-13H;1-6,8-9H;/q2*-1;. The Labute approximate surface area is 238 Å². The van der Waals surface area contributed by atoms with Crippen molar-refractivity contribution in [1.82, 2.24) is 9.97 Å². The third kappa shape index (κ3) is 4.63. The van der Waals surface area contributed by atoms with E-state index in [0.29, 0.717) is 0 Å². The molecule has 0 amide bonds. The predicted octanol–water partition coefficient (Wildman–Crippen LogP) is 8.89. The minimum atomic E-state index is 0. The summed E-state index contributed by atoms with van der Waals surface area (Å²) in [4.78, 5) is 8.66. The van der Waals surface area contributed by atoms with Crippen LogP contribution in [0.1, 0.15) is 0 Å². The van der Waals surface area contributed by atoms with E-state index in [1.165, 1.54) is 0 Å². The maximum atomic E-state index is 6.25. The Morgan fingerprint density at radius 3 is 1.95 bits per heavy atom. The fourth-order valence-electron chi connectivity index (χ4n) is 4.73. The summed E-state index contributed by atoms with van der Waals surface area (Å²) in [7, 11) is 0. The minimum Gasteiger partial charge on any atom is -0.501 e. The number of fused-ring (bicyclic) bond motifs is 6. The van der Waals surface area contributed by atoms with E-state index in [1.807, 2.05) is 91.0 Å². The Hall–Kier alpha value is -4.57. The van der Waals surface area contributed by atoms with Gasteiger partial charge in [-0.3, -0.25) is 0 Å². The van der Waals surface area contributed by atoms with Gasteiger partial charge in [-0.05, 0) is 41.7 Å². The van der Waals surface area contributed by atoms with Crippen LogP contribution in [0.25, 0.3) is 66.4 Å². The van der Waals surface area contributed by atoms with Gasteiger partial charge in [0.15, 0.2) is 0 Å². The van der Waals surface area contributed by atoms with Crippen LogP contribution in [0, 0.1) is 12.1 Å². The van der Waals surface area contributed by atoms with Gasteiger partial charge in [-0.15, -0.1) is 54.1 Å². The first kappa shape index (κ1) is 24.7. The SMILES string of the molecule is [Ir].[c-]1ccc2c(oc3cc4c(cc32)oc2ccccc24)c1-c1ccccn1.[c-]1ccccc1-c1ccccn1. The zero-order valence-corrected chi connectivity index (χ0v) is 23.0. The number of pyridine rings is 2. The number of benzene rings is 4. The molecule has 1 radical (unpaired) electrons. The van der Waals surface area contributed by atoms with E-state index in [1.54, 1.807) is 12.4 Å². The number of hydrogen-bond donors (Lipinski definition) is 0. The van der Waals surface area contributed by atoms with Gasteiger partial charge in [0.05, 0.1) is 5.58 Å². The van der Waals surface area contributed by atoms with E-state index in [4.69, 9.17) is 8.83 Å². The summed E-state index contributed by atoms with van der Waals surface area (Å²) in [6.45, 7) is 0. The van der Waals surface area contributed by atoms with Crippen molar-refractivity contribution in [3.8, 4) is 22.5 Å². The van der Waals surface area contributed by atoms with Gasteiger partial charge in [0.2, 0.25) is 0 Å². The first-order chi connectivity index (χ1) is 18.8. The number of hydrogen-bond acceptors (Lipinski definition) is 4. The van der Waals surface area contributed by atoms with E-state index >= 15 is 0 Å². The molecule has 0 aliphatic rings. The van der Waals surface area contributed by atoms with Crippen molar-refractivity contribution in [3.05, 3.63) is 134 Å². The van der Waals surface area contributed by atoms with Crippen molar-refractivity contribution in [1.29, 1.82) is 0 Å². The fourth-order valence-corrected chi connectivity index (χ4v) is 4.73. The molecule has 0 spiro atoms. The smallest absolute Gasteiger partial charge is 0.136 e. The first-order valence-electron chi connectivity index (χ1n) is 12.3. The number of rotatable bonds is 2. The normalized spacial score (nSPS) is 10.9. The zero-order valence-electron chi connectivity index (χ0n) is 20.6. The van der Waals surface area contributed by atoms with Crippen LogP contribution in [-0.2, 0) is 20.1 Å². The second-order valence-electron chi connectivity index (χ2n) is 8.85. The van der Waals surface area contributed by atoms with Crippen LogP contribution >= 0.6 is 0 Å². The monoisotopic (exact) mass is 681 g/mol. The molecule has 0 unspecified atom stereocenters. The molecule has 0 fully saturated rings. The van der Waals surface area contributed by atoms with Gasteiger partial charge in [-0.2, -0.15) is 0 Å². The molecule has 0 aliphatic carbocycles. The van der Waals surface area contributed by atoms with Crippen LogP contribution < -0.4 is 0 Å². The molecular formula is C34H20IrN2O2-2. The van der Waals surface area contributed by atoms with E-state index in [0.717, 1.165) is 66.4 Å². The second kappa shape index (κ2) is 10.7. The quantitative estimate of drug-likeness (QED) is 0.171. The van der Waals surface area contributed by atoms with Gasteiger partial charge < -0.3 is 18.8 Å². The summed E-state index contributed by atoms with van der Waals surface area (Å²) in [5.41, 5.74) is 7.15. The molecule has 0 saturated heterocycles. The summed E-state index contributed by atoms with van der Waals surface area (Å²) in [5.74, 6) is 0. The van der Waals surface area contributed by atoms with Gasteiger partial charge in [-0.1, -0.05) is 53.4 Å². The van der Waals surface area contributed by atoms with Gasteiger partial charge in [-0.25, -0.2) is 0 Å². The Kier molecular flexibility index (Phi) is 6.76. The number of aromatic nitrogens is 2. The molecule has 0 aliphatic heterocycles. The van der Waals surface area contributed by atoms with Gasteiger partial charge in [0, 0.05) is 48.7 Å². The molecule has 8 rings (SSSR count). The first-order valence-corrected chi connectivity index (χ1v) is 12.3. The van der Waals surface area contributed by atoms with Gasteiger partial charge >= 0.3 is 0 Å². The largest absolute Gasteiger partial charge is 0.501 e. The third-order valence-electron chi connectivity index (χ3n) is 6.50. The average Bonchev–Trinajstić information content (AvgIpc) is 3.55. The summed E-state index contributed by atoms with van der Waals surface area (Å²) in [6, 6.07) is 42.1. The van der Waals surface area contributed by atoms with Crippen LogP contribution in [0.2, 0.25) is 0 Å². The van der Waals surface area contributed by atoms with E-state index in [9.17, 15) is 0 Å². The Morgan fingerprint density at radius 2 is 1.21 bits per heavy atom. The molecule has 0 N–H and O–H groups in total. The van der Waals surface area contributed by atoms with E-state index < -0.39 is 0 Å². The second-order valence-corrected chi connectivity index (χ2v) is 8.85. The molecule has 39 heavy (non-hydrogen) atoms. The minimum absolute atomic E-state index is 0. The number of furan rings is 2. The average molecular weight is 681 g/mol. The van der Waals surface area contributed by atoms with Crippen LogP contribution in [0.5, 0.6) is 0 Å². The molecule has 0 bridgehead atoms. The molecule has 5 heteroatoms. The molecule has 0 atom stereocenters. The van der Waals surface area contributed by atoms with Crippen LogP contribution in [0.3, 0.4) is 0 Å². The van der Waals surface area contributed by atoms with Crippen LogP contribution in [-0.4, -0.2) is 9.97 Å². The number of nitrogens with zero attached hydrogens (tertiary/aromatic N) is 2. The summed E-state index contributed by atoms with van der Waals surface area (Å²) in [6.07, 6.45) is 3.57. The van der Waals surface area contributed by atoms with Crippen molar-refractivity contribution in [3.63, 3.8) is 0 Å². The molecule has 189 valence electrons. The Balaban J connectivity index is 0.000000180. The summed E-state index contributed by atoms with van der Waals surface area (Å²) >= 11 is 0.